The number of nitrogens with zero attached hydrogens (tertiary/aromatic N) is 4. The highest BCUT2D eigenvalue weighted by atomic mass is 16.5. The first kappa shape index (κ1) is 17.0. The predicted octanol–water partition coefficient (Wildman–Crippen LogP) is 2.67. The molecule has 1 saturated heterocycles. The van der Waals surface area contributed by atoms with E-state index >= 15 is 0 Å². The van der Waals surface area contributed by atoms with Crippen LogP contribution >= 0.6 is 0 Å². The largest absolute Gasteiger partial charge is 0.372 e. The molecule has 6 heteroatoms. The fourth-order valence-corrected chi connectivity index (χ4v) is 3.48. The Morgan fingerprint density at radius 3 is 2.88 bits per heavy atom. The van der Waals surface area contributed by atoms with Gasteiger partial charge in [0.05, 0.1) is 31.0 Å². The Hall–Kier alpha value is -2.44. The van der Waals surface area contributed by atoms with E-state index in [-0.39, 0.29) is 6.10 Å². The molecule has 3 aromatic rings. The molecule has 0 amide bonds. The minimum Gasteiger partial charge on any atom is -0.372 e. The number of rotatable bonds is 6. The van der Waals surface area contributed by atoms with Gasteiger partial charge >= 0.3 is 0 Å². The van der Waals surface area contributed by atoms with Gasteiger partial charge in [0, 0.05) is 38.0 Å². The average Bonchev–Trinajstić information content (AvgIpc) is 3.30. The van der Waals surface area contributed by atoms with Crippen molar-refractivity contribution in [2.75, 3.05) is 6.61 Å². The molecule has 1 aliphatic rings. The highest BCUT2D eigenvalue weighted by molar-refractivity contribution is 5.15. The molecule has 2 aromatic heterocycles. The molecule has 136 valence electrons. The number of hydrogen-bond donors (Lipinski definition) is 1. The summed E-state index contributed by atoms with van der Waals surface area (Å²) in [5, 5.41) is 8.15. The summed E-state index contributed by atoms with van der Waals surface area (Å²) in [6.45, 7) is 2.42. The van der Waals surface area contributed by atoms with E-state index in [1.807, 2.05) is 41.1 Å². The molecule has 0 saturated carbocycles. The fraction of sp³-hybridized carbons (Fsp3) is 0.400. The lowest BCUT2D eigenvalue weighted by Gasteiger charge is -2.30. The van der Waals surface area contributed by atoms with Crippen LogP contribution < -0.4 is 5.32 Å². The van der Waals surface area contributed by atoms with E-state index in [1.54, 1.807) is 0 Å². The van der Waals surface area contributed by atoms with E-state index < -0.39 is 0 Å². The lowest BCUT2D eigenvalue weighted by atomic mass is 10.0. The quantitative estimate of drug-likeness (QED) is 0.742. The third kappa shape index (κ3) is 4.03. The molecule has 3 heterocycles. The topological polar surface area (TPSA) is 56.9 Å². The maximum Gasteiger partial charge on any atom is 0.100 e. The van der Waals surface area contributed by atoms with Gasteiger partial charge in [0.25, 0.3) is 0 Å². The summed E-state index contributed by atoms with van der Waals surface area (Å²) in [7, 11) is 2.02. The number of ether oxygens (including phenoxy) is 1. The third-order valence-electron chi connectivity index (χ3n) is 4.94. The van der Waals surface area contributed by atoms with Crippen LogP contribution in [0.2, 0.25) is 0 Å². The van der Waals surface area contributed by atoms with Gasteiger partial charge in [-0.25, -0.2) is 4.98 Å². The molecule has 4 rings (SSSR count). The summed E-state index contributed by atoms with van der Waals surface area (Å²) < 4.78 is 9.98. The van der Waals surface area contributed by atoms with Gasteiger partial charge in [0.1, 0.15) is 6.10 Å². The van der Waals surface area contributed by atoms with Crippen LogP contribution in [0.1, 0.15) is 35.8 Å². The van der Waals surface area contributed by atoms with Crippen LogP contribution in [-0.2, 0) is 24.9 Å². The molecule has 1 aromatic carbocycles. The van der Waals surface area contributed by atoms with E-state index in [2.05, 4.69) is 45.9 Å². The van der Waals surface area contributed by atoms with Crippen LogP contribution in [0.15, 0.2) is 55.2 Å². The van der Waals surface area contributed by atoms with Gasteiger partial charge in [-0.1, -0.05) is 30.3 Å². The Kier molecular flexibility index (Phi) is 5.13. The van der Waals surface area contributed by atoms with Crippen molar-refractivity contribution in [3.05, 3.63) is 72.1 Å². The Morgan fingerprint density at radius 2 is 2.08 bits per heavy atom. The van der Waals surface area contributed by atoms with Crippen molar-refractivity contribution in [1.82, 2.24) is 24.6 Å². The van der Waals surface area contributed by atoms with Gasteiger partial charge < -0.3 is 14.6 Å². The number of aromatic nitrogens is 4. The van der Waals surface area contributed by atoms with Crippen LogP contribution in [0.25, 0.3) is 0 Å². The summed E-state index contributed by atoms with van der Waals surface area (Å²) in [6, 6.07) is 10.9. The lowest BCUT2D eigenvalue weighted by molar-refractivity contribution is -0.00404. The highest BCUT2D eigenvalue weighted by Crippen LogP contribution is 2.27. The maximum absolute atomic E-state index is 5.94. The molecular formula is C20H25N5O. The molecule has 0 bridgehead atoms. The number of aryl methyl sites for hydroxylation is 1. The van der Waals surface area contributed by atoms with E-state index in [0.29, 0.717) is 6.04 Å². The normalized spacial score (nSPS) is 20.3. The van der Waals surface area contributed by atoms with Crippen molar-refractivity contribution in [3.63, 3.8) is 0 Å². The second kappa shape index (κ2) is 7.85. The highest BCUT2D eigenvalue weighted by Gasteiger charge is 2.25. The van der Waals surface area contributed by atoms with Crippen molar-refractivity contribution in [1.29, 1.82) is 0 Å². The molecule has 1 N–H and O–H groups in total. The van der Waals surface area contributed by atoms with Crippen molar-refractivity contribution in [2.45, 2.75) is 38.1 Å². The molecule has 0 aliphatic carbocycles. The molecular weight excluding hydrogens is 326 g/mol. The second-order valence-electron chi connectivity index (χ2n) is 6.92. The molecule has 26 heavy (non-hydrogen) atoms. The van der Waals surface area contributed by atoms with Crippen molar-refractivity contribution in [3.8, 4) is 0 Å². The summed E-state index contributed by atoms with van der Waals surface area (Å²) in [6.07, 6.45) is 9.93. The summed E-state index contributed by atoms with van der Waals surface area (Å²) in [5.74, 6) is 0. The number of imidazole rings is 1. The number of nitrogens with one attached hydrogen (secondary N) is 1. The van der Waals surface area contributed by atoms with E-state index in [0.717, 1.165) is 38.2 Å². The van der Waals surface area contributed by atoms with Gasteiger partial charge in [-0.05, 0) is 18.4 Å². The maximum atomic E-state index is 5.94. The van der Waals surface area contributed by atoms with E-state index in [9.17, 15) is 0 Å². The van der Waals surface area contributed by atoms with Gasteiger partial charge in [-0.3, -0.25) is 4.68 Å². The van der Waals surface area contributed by atoms with Crippen LogP contribution in [0, 0.1) is 0 Å². The molecule has 6 nitrogen and oxygen atoms in total. The minimum absolute atomic E-state index is 0.120. The first-order valence-electron chi connectivity index (χ1n) is 9.14. The second-order valence-corrected chi connectivity index (χ2v) is 6.92. The number of benzene rings is 1. The molecule has 2 unspecified atom stereocenters. The van der Waals surface area contributed by atoms with Crippen molar-refractivity contribution < 1.29 is 4.74 Å². The Labute approximate surface area is 153 Å². The summed E-state index contributed by atoms with van der Waals surface area (Å²) >= 11 is 0. The lowest BCUT2D eigenvalue weighted by Crippen LogP contribution is -2.36. The fourth-order valence-electron chi connectivity index (χ4n) is 3.48. The van der Waals surface area contributed by atoms with Gasteiger partial charge in [-0.2, -0.15) is 5.10 Å². The monoisotopic (exact) mass is 351 g/mol. The van der Waals surface area contributed by atoms with E-state index in [4.69, 9.17) is 4.74 Å². The van der Waals surface area contributed by atoms with Crippen LogP contribution in [-0.4, -0.2) is 32.0 Å². The van der Waals surface area contributed by atoms with Crippen LogP contribution in [0.4, 0.5) is 0 Å². The van der Waals surface area contributed by atoms with Crippen LogP contribution in [0.3, 0.4) is 0 Å². The third-order valence-corrected chi connectivity index (χ3v) is 4.94. The standard InChI is InChI=1S/C20H25N5O/c1-24-15-21-12-19(24)20-9-18(7-8-26-20)22-10-17-11-23-25(14-17)13-16-5-3-2-4-6-16/h2-6,11-12,14-15,18,20,22H,7-10,13H2,1H3. The molecule has 1 aliphatic heterocycles. The Balaban J connectivity index is 1.31. The zero-order valence-electron chi connectivity index (χ0n) is 15.1. The predicted molar refractivity (Wildman–Crippen MR) is 99.5 cm³/mol. The van der Waals surface area contributed by atoms with Gasteiger partial charge in [0.2, 0.25) is 0 Å². The smallest absolute Gasteiger partial charge is 0.100 e. The zero-order chi connectivity index (χ0) is 17.8. The molecule has 2 atom stereocenters. The van der Waals surface area contributed by atoms with Crippen LogP contribution in [0.5, 0.6) is 0 Å². The Morgan fingerprint density at radius 1 is 1.19 bits per heavy atom. The van der Waals surface area contributed by atoms with E-state index in [1.165, 1.54) is 11.1 Å². The molecule has 0 radical (unpaired) electrons. The van der Waals surface area contributed by atoms with Gasteiger partial charge in [-0.15, -0.1) is 0 Å². The average molecular weight is 351 g/mol. The molecule has 1 fully saturated rings. The minimum atomic E-state index is 0.120. The zero-order valence-corrected chi connectivity index (χ0v) is 15.1. The van der Waals surface area contributed by atoms with Crippen molar-refractivity contribution in [2.24, 2.45) is 7.05 Å². The Bertz CT molecular complexity index is 826. The summed E-state index contributed by atoms with van der Waals surface area (Å²) in [5.41, 5.74) is 3.62. The molecule has 0 spiro atoms. The van der Waals surface area contributed by atoms with Crippen molar-refractivity contribution >= 4 is 0 Å². The number of hydrogen-bond acceptors (Lipinski definition) is 4. The SMILES string of the molecule is Cn1cncc1C1CC(NCc2cnn(Cc3ccccc3)c2)CCO1. The first-order valence-corrected chi connectivity index (χ1v) is 9.14. The summed E-state index contributed by atoms with van der Waals surface area (Å²) in [4.78, 5) is 4.20. The first-order chi connectivity index (χ1) is 12.8. The van der Waals surface area contributed by atoms with Gasteiger partial charge in [0.15, 0.2) is 0 Å².